The quantitative estimate of drug-likeness (QED) is 0.590. The van der Waals surface area contributed by atoms with Gasteiger partial charge in [-0.05, 0) is 43.7 Å². The van der Waals surface area contributed by atoms with Gasteiger partial charge in [0.1, 0.15) is 11.6 Å². The Kier molecular flexibility index (Phi) is 6.00. The Hall–Kier alpha value is -3.05. The van der Waals surface area contributed by atoms with E-state index in [0.717, 1.165) is 44.0 Å². The molecule has 3 fully saturated rings. The molecular weight excluding hydrogens is 471 g/mol. The minimum Gasteiger partial charge on any atom is -0.342 e. The third kappa shape index (κ3) is 5.62. The number of alkyl halides is 5. The van der Waals surface area contributed by atoms with Crippen molar-refractivity contribution in [2.24, 2.45) is 5.92 Å². The lowest BCUT2D eigenvalue weighted by molar-refractivity contribution is -0.137. The first-order valence-corrected chi connectivity index (χ1v) is 11.7. The molecule has 12 heteroatoms. The molecule has 0 aromatic carbocycles. The summed E-state index contributed by atoms with van der Waals surface area (Å²) in [5.74, 6) is -2.23. The first kappa shape index (κ1) is 23.7. The summed E-state index contributed by atoms with van der Waals surface area (Å²) in [5.41, 5.74) is -0.312. The average molecular weight is 496 g/mol. The number of piperidine rings is 1. The minimum atomic E-state index is -4.54. The van der Waals surface area contributed by atoms with E-state index in [1.165, 1.54) is 4.90 Å². The highest BCUT2D eigenvalue weighted by Crippen LogP contribution is 2.36. The van der Waals surface area contributed by atoms with Crippen LogP contribution in [0.4, 0.5) is 39.5 Å². The zero-order valence-electron chi connectivity index (χ0n) is 18.9. The molecule has 4 heterocycles. The predicted molar refractivity (Wildman–Crippen MR) is 118 cm³/mol. The third-order valence-electron chi connectivity index (χ3n) is 6.56. The fraction of sp³-hybridized carbons (Fsp3) is 0.565. The second-order valence-electron chi connectivity index (χ2n) is 9.57. The van der Waals surface area contributed by atoms with E-state index in [4.69, 9.17) is 0 Å². The van der Waals surface area contributed by atoms with Gasteiger partial charge >= 0.3 is 6.18 Å². The summed E-state index contributed by atoms with van der Waals surface area (Å²) in [6.07, 6.45) is 0.728. The van der Waals surface area contributed by atoms with E-state index in [9.17, 15) is 26.7 Å². The maximum Gasteiger partial charge on any atom is 0.416 e. The monoisotopic (exact) mass is 496 g/mol. The fourth-order valence-corrected chi connectivity index (χ4v) is 4.47. The number of nitrogens with zero attached hydrogens (tertiary/aromatic N) is 5. The van der Waals surface area contributed by atoms with Gasteiger partial charge in [-0.1, -0.05) is 0 Å². The van der Waals surface area contributed by atoms with Crippen molar-refractivity contribution >= 4 is 23.5 Å². The lowest BCUT2D eigenvalue weighted by Gasteiger charge is -2.39. The first-order valence-electron chi connectivity index (χ1n) is 11.7. The van der Waals surface area contributed by atoms with Crippen molar-refractivity contribution in [2.45, 2.75) is 50.1 Å². The lowest BCUT2D eigenvalue weighted by Crippen LogP contribution is -2.57. The van der Waals surface area contributed by atoms with Crippen molar-refractivity contribution in [3.05, 3.63) is 35.7 Å². The van der Waals surface area contributed by atoms with Gasteiger partial charge in [0.15, 0.2) is 0 Å². The topological polar surface area (TPSA) is 74.2 Å². The summed E-state index contributed by atoms with van der Waals surface area (Å²) < 4.78 is 66.3. The molecule has 188 valence electrons. The Morgan fingerprint density at radius 1 is 1.11 bits per heavy atom. The first-order chi connectivity index (χ1) is 16.6. The summed E-state index contributed by atoms with van der Waals surface area (Å²) in [4.78, 5) is 28.5. The van der Waals surface area contributed by atoms with E-state index in [1.54, 1.807) is 6.07 Å². The van der Waals surface area contributed by atoms with Gasteiger partial charge in [-0.3, -0.25) is 4.79 Å². The molecule has 0 spiro atoms. The highest BCUT2D eigenvalue weighted by atomic mass is 19.4. The van der Waals surface area contributed by atoms with Crippen LogP contribution in [0.15, 0.2) is 24.4 Å². The molecule has 2 saturated heterocycles. The van der Waals surface area contributed by atoms with E-state index in [-0.39, 0.29) is 29.4 Å². The van der Waals surface area contributed by atoms with Crippen molar-refractivity contribution in [3.63, 3.8) is 0 Å². The summed E-state index contributed by atoms with van der Waals surface area (Å²) in [5, 5.41) is 2.77. The van der Waals surface area contributed by atoms with Gasteiger partial charge in [0.05, 0.1) is 24.3 Å². The normalized spacial score (nSPS) is 22.0. The highest BCUT2D eigenvalue weighted by molar-refractivity contribution is 5.77. The number of hydrogen-bond acceptors (Lipinski definition) is 6. The van der Waals surface area contributed by atoms with Gasteiger partial charge in [-0.15, -0.1) is 0 Å². The Balaban J connectivity index is 1.40. The summed E-state index contributed by atoms with van der Waals surface area (Å²) >= 11 is 0. The van der Waals surface area contributed by atoms with E-state index >= 15 is 0 Å². The summed E-state index contributed by atoms with van der Waals surface area (Å²) in [6.45, 7) is 0.0553. The number of carbonyl (C=O) groups is 1. The molecule has 1 amide bonds. The highest BCUT2D eigenvalue weighted by Gasteiger charge is 2.45. The number of likely N-dealkylation sites (tertiary alicyclic amines) is 1. The molecule has 0 bridgehead atoms. The van der Waals surface area contributed by atoms with Crippen LogP contribution in [0.25, 0.3) is 0 Å². The average Bonchev–Trinajstić information content (AvgIpc) is 3.61. The molecule has 2 aromatic heterocycles. The SMILES string of the molecule is O=C(CC1CC1)N1CCCC(c2cc(Nc3cc(C(F)(F)F)ccn3)nc(N3CC(F)(F)C3)n2)C1. The molecular formula is C23H25F5N6O. The van der Waals surface area contributed by atoms with E-state index in [0.29, 0.717) is 31.1 Å². The Labute approximate surface area is 198 Å². The molecule has 1 N–H and O–H groups in total. The number of amides is 1. The molecule has 1 saturated carbocycles. The largest absolute Gasteiger partial charge is 0.416 e. The van der Waals surface area contributed by atoms with Crippen molar-refractivity contribution in [1.29, 1.82) is 0 Å². The van der Waals surface area contributed by atoms with Gasteiger partial charge < -0.3 is 15.1 Å². The number of nitrogens with one attached hydrogen (secondary N) is 1. The number of anilines is 3. The standard InChI is InChI=1S/C23H25F5N6O/c24-22(25)12-34(13-22)21-30-17(15-2-1-7-33(11-15)20(35)8-14-3-4-14)10-19(32-21)31-18-9-16(5-6-29-18)23(26,27)28/h5-6,9-10,14-15H,1-4,7-8,11-13H2,(H,29,30,31,32). The van der Waals surface area contributed by atoms with Crippen LogP contribution < -0.4 is 10.2 Å². The number of rotatable bonds is 6. The van der Waals surface area contributed by atoms with E-state index in [1.807, 2.05) is 4.90 Å². The maximum atomic E-state index is 13.5. The zero-order valence-corrected chi connectivity index (χ0v) is 18.9. The van der Waals surface area contributed by atoms with Crippen molar-refractivity contribution in [1.82, 2.24) is 19.9 Å². The number of aromatic nitrogens is 3. The second kappa shape index (κ2) is 8.87. The predicted octanol–water partition coefficient (Wildman–Crippen LogP) is 4.60. The Morgan fingerprint density at radius 3 is 2.57 bits per heavy atom. The zero-order chi connectivity index (χ0) is 24.8. The van der Waals surface area contributed by atoms with Crippen molar-refractivity contribution in [3.8, 4) is 0 Å². The molecule has 1 atom stereocenters. The minimum absolute atomic E-state index is 0.0735. The number of carbonyl (C=O) groups excluding carboxylic acids is 1. The van der Waals surface area contributed by atoms with Crippen LogP contribution in [0.2, 0.25) is 0 Å². The van der Waals surface area contributed by atoms with Crippen LogP contribution >= 0.6 is 0 Å². The second-order valence-corrected chi connectivity index (χ2v) is 9.57. The van der Waals surface area contributed by atoms with Crippen LogP contribution in [0, 0.1) is 5.92 Å². The van der Waals surface area contributed by atoms with Crippen molar-refractivity contribution in [2.75, 3.05) is 36.4 Å². The molecule has 2 aliphatic heterocycles. The molecule has 7 nitrogen and oxygen atoms in total. The smallest absolute Gasteiger partial charge is 0.342 e. The number of halogens is 5. The number of pyridine rings is 1. The van der Waals surface area contributed by atoms with Crippen LogP contribution in [-0.2, 0) is 11.0 Å². The fourth-order valence-electron chi connectivity index (χ4n) is 4.47. The molecule has 1 aliphatic carbocycles. The van der Waals surface area contributed by atoms with Gasteiger partial charge in [0, 0.05) is 37.7 Å². The van der Waals surface area contributed by atoms with Gasteiger partial charge in [-0.2, -0.15) is 18.2 Å². The van der Waals surface area contributed by atoms with E-state index in [2.05, 4.69) is 20.3 Å². The van der Waals surface area contributed by atoms with Gasteiger partial charge in [0.25, 0.3) is 5.92 Å². The van der Waals surface area contributed by atoms with Crippen molar-refractivity contribution < 1.29 is 26.7 Å². The Morgan fingerprint density at radius 2 is 1.89 bits per heavy atom. The molecule has 5 rings (SSSR count). The molecule has 1 unspecified atom stereocenters. The van der Waals surface area contributed by atoms with Gasteiger partial charge in [-0.25, -0.2) is 18.7 Å². The molecule has 35 heavy (non-hydrogen) atoms. The summed E-state index contributed by atoms with van der Waals surface area (Å²) in [7, 11) is 0. The summed E-state index contributed by atoms with van der Waals surface area (Å²) in [6, 6.07) is 3.32. The van der Waals surface area contributed by atoms with Crippen LogP contribution in [0.3, 0.4) is 0 Å². The number of hydrogen-bond donors (Lipinski definition) is 1. The lowest BCUT2D eigenvalue weighted by atomic mass is 9.94. The van der Waals surface area contributed by atoms with Gasteiger partial charge in [0.2, 0.25) is 11.9 Å². The third-order valence-corrected chi connectivity index (χ3v) is 6.56. The van der Waals surface area contributed by atoms with Crippen LogP contribution in [-0.4, -0.2) is 57.9 Å². The molecule has 2 aromatic rings. The maximum absolute atomic E-state index is 13.5. The van der Waals surface area contributed by atoms with Crippen LogP contribution in [0.1, 0.15) is 49.3 Å². The molecule has 3 aliphatic rings. The van der Waals surface area contributed by atoms with E-state index < -0.39 is 30.8 Å². The molecule has 0 radical (unpaired) electrons. The van der Waals surface area contributed by atoms with Crippen LogP contribution in [0.5, 0.6) is 0 Å². The Bertz CT molecular complexity index is 1100.